The summed E-state index contributed by atoms with van der Waals surface area (Å²) in [5.41, 5.74) is 4.14. The van der Waals surface area contributed by atoms with E-state index in [0.29, 0.717) is 6.61 Å². The van der Waals surface area contributed by atoms with Gasteiger partial charge in [0, 0.05) is 32.7 Å². The minimum Gasteiger partial charge on any atom is -0.381 e. The van der Waals surface area contributed by atoms with Crippen molar-refractivity contribution in [3.63, 3.8) is 0 Å². The molecular formula is C16H26N2O2. The number of aryl methyl sites for hydroxylation is 1. The van der Waals surface area contributed by atoms with Crippen LogP contribution in [0.15, 0.2) is 30.3 Å². The minimum atomic E-state index is -0.184. The summed E-state index contributed by atoms with van der Waals surface area (Å²) in [6, 6.07) is 10.7. The molecular weight excluding hydrogens is 252 g/mol. The molecule has 0 bridgehead atoms. The molecule has 0 aliphatic carbocycles. The van der Waals surface area contributed by atoms with Crippen LogP contribution in [0.3, 0.4) is 0 Å². The minimum absolute atomic E-state index is 0.159. The van der Waals surface area contributed by atoms with Gasteiger partial charge in [-0.05, 0) is 25.3 Å². The summed E-state index contributed by atoms with van der Waals surface area (Å²) in [6.45, 7) is 4.26. The van der Waals surface area contributed by atoms with Gasteiger partial charge in [0.1, 0.15) is 0 Å². The van der Waals surface area contributed by atoms with Crippen LogP contribution in [-0.2, 0) is 15.9 Å². The fourth-order valence-corrected chi connectivity index (χ4v) is 3.05. The van der Waals surface area contributed by atoms with Gasteiger partial charge in [-0.1, -0.05) is 30.3 Å². The van der Waals surface area contributed by atoms with Crippen molar-refractivity contribution in [3.8, 4) is 0 Å². The lowest BCUT2D eigenvalue weighted by atomic mass is 9.83. The Balaban J connectivity index is 2.00. The Kier molecular flexibility index (Phi) is 5.98. The predicted octanol–water partition coefficient (Wildman–Crippen LogP) is 2.04. The molecule has 1 fully saturated rings. The van der Waals surface area contributed by atoms with E-state index in [2.05, 4.69) is 29.7 Å². The second kappa shape index (κ2) is 7.74. The SMILES string of the molecule is CCOC1(C(CCc2ccccc2)NN)CCOCC1. The number of benzene rings is 1. The molecule has 0 saturated carbocycles. The standard InChI is InChI=1S/C16H26N2O2/c1-2-20-16(10-12-19-13-11-16)15(18-17)9-8-14-6-4-3-5-7-14/h3-7,15,18H,2,8-13,17H2,1H3. The van der Waals surface area contributed by atoms with E-state index >= 15 is 0 Å². The summed E-state index contributed by atoms with van der Waals surface area (Å²) in [7, 11) is 0. The molecule has 1 saturated heterocycles. The van der Waals surface area contributed by atoms with Gasteiger partial charge in [0.15, 0.2) is 0 Å². The molecule has 4 heteroatoms. The van der Waals surface area contributed by atoms with Crippen molar-refractivity contribution in [2.45, 2.75) is 44.2 Å². The van der Waals surface area contributed by atoms with Crippen molar-refractivity contribution in [1.82, 2.24) is 5.43 Å². The highest BCUT2D eigenvalue weighted by Crippen LogP contribution is 2.31. The van der Waals surface area contributed by atoms with Gasteiger partial charge < -0.3 is 9.47 Å². The zero-order valence-corrected chi connectivity index (χ0v) is 12.3. The van der Waals surface area contributed by atoms with Crippen LogP contribution in [0.4, 0.5) is 0 Å². The summed E-state index contributed by atoms with van der Waals surface area (Å²) < 4.78 is 11.6. The van der Waals surface area contributed by atoms with Crippen molar-refractivity contribution < 1.29 is 9.47 Å². The molecule has 1 aliphatic rings. The maximum absolute atomic E-state index is 6.09. The van der Waals surface area contributed by atoms with Gasteiger partial charge in [-0.15, -0.1) is 0 Å². The van der Waals surface area contributed by atoms with Crippen LogP contribution in [0.2, 0.25) is 0 Å². The third-order valence-corrected chi connectivity index (χ3v) is 4.17. The molecule has 20 heavy (non-hydrogen) atoms. The molecule has 0 spiro atoms. The molecule has 0 amide bonds. The fourth-order valence-electron chi connectivity index (χ4n) is 3.05. The molecule has 1 heterocycles. The molecule has 0 aromatic heterocycles. The molecule has 1 atom stereocenters. The van der Waals surface area contributed by atoms with Crippen LogP contribution in [0.25, 0.3) is 0 Å². The summed E-state index contributed by atoms with van der Waals surface area (Å²) in [6.07, 6.45) is 3.79. The molecule has 112 valence electrons. The van der Waals surface area contributed by atoms with Crippen LogP contribution in [-0.4, -0.2) is 31.5 Å². The second-order valence-electron chi connectivity index (χ2n) is 5.35. The highest BCUT2D eigenvalue weighted by atomic mass is 16.5. The lowest BCUT2D eigenvalue weighted by Gasteiger charge is -2.43. The molecule has 1 aromatic rings. The van der Waals surface area contributed by atoms with E-state index in [-0.39, 0.29) is 11.6 Å². The lowest BCUT2D eigenvalue weighted by Crippen LogP contribution is -2.57. The molecule has 1 aromatic carbocycles. The zero-order valence-electron chi connectivity index (χ0n) is 12.3. The maximum atomic E-state index is 6.09. The Labute approximate surface area is 121 Å². The van der Waals surface area contributed by atoms with E-state index in [4.69, 9.17) is 15.3 Å². The first-order valence-corrected chi connectivity index (χ1v) is 7.52. The highest BCUT2D eigenvalue weighted by Gasteiger charge is 2.40. The van der Waals surface area contributed by atoms with Gasteiger partial charge in [-0.3, -0.25) is 11.3 Å². The Morgan fingerprint density at radius 2 is 2.00 bits per heavy atom. The van der Waals surface area contributed by atoms with Crippen LogP contribution in [0, 0.1) is 0 Å². The monoisotopic (exact) mass is 278 g/mol. The quantitative estimate of drug-likeness (QED) is 0.592. The summed E-state index contributed by atoms with van der Waals surface area (Å²) in [4.78, 5) is 0. The molecule has 1 unspecified atom stereocenters. The van der Waals surface area contributed by atoms with Crippen molar-refractivity contribution in [2.24, 2.45) is 5.84 Å². The summed E-state index contributed by atoms with van der Waals surface area (Å²) >= 11 is 0. The fraction of sp³-hybridized carbons (Fsp3) is 0.625. The van der Waals surface area contributed by atoms with Crippen LogP contribution in [0.1, 0.15) is 31.7 Å². The lowest BCUT2D eigenvalue weighted by molar-refractivity contribution is -0.127. The second-order valence-corrected chi connectivity index (χ2v) is 5.35. The van der Waals surface area contributed by atoms with Gasteiger partial charge in [-0.25, -0.2) is 0 Å². The first-order chi connectivity index (χ1) is 9.80. The van der Waals surface area contributed by atoms with E-state index in [9.17, 15) is 0 Å². The van der Waals surface area contributed by atoms with E-state index < -0.39 is 0 Å². The maximum Gasteiger partial charge on any atom is 0.0891 e. The number of hydrogen-bond acceptors (Lipinski definition) is 4. The third kappa shape index (κ3) is 3.79. The smallest absolute Gasteiger partial charge is 0.0891 e. The number of nitrogens with two attached hydrogens (primary N) is 1. The van der Waals surface area contributed by atoms with E-state index in [1.54, 1.807) is 0 Å². The van der Waals surface area contributed by atoms with Crippen molar-refractivity contribution in [3.05, 3.63) is 35.9 Å². The van der Waals surface area contributed by atoms with E-state index in [1.165, 1.54) is 5.56 Å². The van der Waals surface area contributed by atoms with Crippen molar-refractivity contribution >= 4 is 0 Å². The summed E-state index contributed by atoms with van der Waals surface area (Å²) in [5, 5.41) is 0. The number of nitrogens with one attached hydrogen (secondary N) is 1. The third-order valence-electron chi connectivity index (χ3n) is 4.17. The van der Waals surface area contributed by atoms with Gasteiger partial charge in [0.2, 0.25) is 0 Å². The molecule has 4 nitrogen and oxygen atoms in total. The molecule has 3 N–H and O–H groups in total. The predicted molar refractivity (Wildman–Crippen MR) is 80.3 cm³/mol. The van der Waals surface area contributed by atoms with Crippen LogP contribution < -0.4 is 11.3 Å². The number of ether oxygens (including phenoxy) is 2. The topological polar surface area (TPSA) is 56.5 Å². The number of hydrogen-bond donors (Lipinski definition) is 2. The largest absolute Gasteiger partial charge is 0.381 e. The molecule has 0 radical (unpaired) electrons. The molecule has 2 rings (SSSR count). The van der Waals surface area contributed by atoms with Crippen molar-refractivity contribution in [1.29, 1.82) is 0 Å². The Morgan fingerprint density at radius 1 is 1.30 bits per heavy atom. The van der Waals surface area contributed by atoms with Crippen LogP contribution >= 0.6 is 0 Å². The van der Waals surface area contributed by atoms with Gasteiger partial charge in [0.25, 0.3) is 0 Å². The number of rotatable bonds is 7. The normalized spacial score (nSPS) is 19.7. The highest BCUT2D eigenvalue weighted by molar-refractivity contribution is 5.15. The van der Waals surface area contributed by atoms with E-state index in [1.807, 2.05) is 13.0 Å². The zero-order chi connectivity index (χ0) is 14.3. The van der Waals surface area contributed by atoms with Gasteiger partial charge in [0.05, 0.1) is 11.6 Å². The van der Waals surface area contributed by atoms with E-state index in [0.717, 1.165) is 38.9 Å². The van der Waals surface area contributed by atoms with Crippen LogP contribution in [0.5, 0.6) is 0 Å². The van der Waals surface area contributed by atoms with Gasteiger partial charge >= 0.3 is 0 Å². The first-order valence-electron chi connectivity index (χ1n) is 7.52. The number of hydrazine groups is 1. The Morgan fingerprint density at radius 3 is 2.60 bits per heavy atom. The summed E-state index contributed by atoms with van der Waals surface area (Å²) in [5.74, 6) is 5.81. The average Bonchev–Trinajstić information content (AvgIpc) is 2.50. The van der Waals surface area contributed by atoms with Crippen molar-refractivity contribution in [2.75, 3.05) is 19.8 Å². The first kappa shape index (κ1) is 15.4. The average molecular weight is 278 g/mol. The van der Waals surface area contributed by atoms with Gasteiger partial charge in [-0.2, -0.15) is 0 Å². The Hall–Kier alpha value is -0.940. The Bertz CT molecular complexity index is 372. The molecule has 1 aliphatic heterocycles.